The molecule has 2 heteroatoms. The van der Waals surface area contributed by atoms with Gasteiger partial charge in [-0.15, -0.1) is 0 Å². The number of hydrogen-bond acceptors (Lipinski definition) is 2. The Kier molecular flexibility index (Phi) is 3.36. The third-order valence-electron chi connectivity index (χ3n) is 3.05. The van der Waals surface area contributed by atoms with Crippen molar-refractivity contribution in [2.45, 2.75) is 52.7 Å². The van der Waals surface area contributed by atoms with Crippen LogP contribution in [0.4, 0.5) is 0 Å². The molecule has 0 saturated carbocycles. The van der Waals surface area contributed by atoms with E-state index < -0.39 is 0 Å². The van der Waals surface area contributed by atoms with E-state index in [0.29, 0.717) is 18.1 Å². The normalized spacial score (nSPS) is 35.3. The number of ether oxygens (including phenoxy) is 1. The van der Waals surface area contributed by atoms with E-state index in [1.807, 2.05) is 0 Å². The van der Waals surface area contributed by atoms with Crippen LogP contribution in [-0.2, 0) is 4.74 Å². The van der Waals surface area contributed by atoms with Crippen LogP contribution in [0.1, 0.15) is 40.5 Å². The van der Waals surface area contributed by atoms with Crippen LogP contribution in [0.15, 0.2) is 0 Å². The van der Waals surface area contributed by atoms with E-state index >= 15 is 0 Å². The van der Waals surface area contributed by atoms with Crippen molar-refractivity contribution >= 4 is 0 Å². The van der Waals surface area contributed by atoms with Gasteiger partial charge in [-0.2, -0.15) is 0 Å². The fourth-order valence-corrected chi connectivity index (χ4v) is 1.91. The van der Waals surface area contributed by atoms with Crippen LogP contribution in [0.3, 0.4) is 0 Å². The summed E-state index contributed by atoms with van der Waals surface area (Å²) in [4.78, 5) is 0. The first kappa shape index (κ1) is 11.0. The smallest absolute Gasteiger partial charge is 0.0588 e. The zero-order chi connectivity index (χ0) is 10.1. The molecule has 2 nitrogen and oxygen atoms in total. The molecule has 0 aromatic heterocycles. The van der Waals surface area contributed by atoms with Gasteiger partial charge in [0.05, 0.1) is 12.2 Å². The molecule has 1 rings (SSSR count). The summed E-state index contributed by atoms with van der Waals surface area (Å²) in [5.41, 5.74) is 0.00838. The molecule has 1 heterocycles. The van der Waals surface area contributed by atoms with Gasteiger partial charge in [0.1, 0.15) is 0 Å². The standard InChI is InChI=1S/C11H22O2/c1-8-5-10(13-9(8)2)6-11(3,4)7-12/h8-10,12H,5-7H2,1-4H3. The predicted molar refractivity (Wildman–Crippen MR) is 53.6 cm³/mol. The minimum atomic E-state index is 0.00838. The van der Waals surface area contributed by atoms with Crippen LogP contribution in [0.25, 0.3) is 0 Å². The molecule has 0 aromatic carbocycles. The first-order chi connectivity index (χ1) is 5.94. The molecule has 0 radical (unpaired) electrons. The van der Waals surface area contributed by atoms with Crippen molar-refractivity contribution in [3.63, 3.8) is 0 Å². The van der Waals surface area contributed by atoms with Gasteiger partial charge < -0.3 is 9.84 Å². The van der Waals surface area contributed by atoms with Crippen molar-refractivity contribution in [2.75, 3.05) is 6.61 Å². The van der Waals surface area contributed by atoms with Gasteiger partial charge in [-0.3, -0.25) is 0 Å². The minimum absolute atomic E-state index is 0.00838. The molecule has 0 spiro atoms. The van der Waals surface area contributed by atoms with Crippen LogP contribution in [-0.4, -0.2) is 23.9 Å². The molecule has 1 fully saturated rings. The lowest BCUT2D eigenvalue weighted by Gasteiger charge is -2.25. The molecule has 13 heavy (non-hydrogen) atoms. The maximum absolute atomic E-state index is 9.13. The Balaban J connectivity index is 2.40. The Morgan fingerprint density at radius 2 is 2.00 bits per heavy atom. The minimum Gasteiger partial charge on any atom is -0.396 e. The van der Waals surface area contributed by atoms with Crippen LogP contribution in [0.2, 0.25) is 0 Å². The fourth-order valence-electron chi connectivity index (χ4n) is 1.91. The molecule has 1 aliphatic heterocycles. The lowest BCUT2D eigenvalue weighted by Crippen LogP contribution is -2.24. The molecule has 78 valence electrons. The monoisotopic (exact) mass is 186 g/mol. The van der Waals surface area contributed by atoms with Gasteiger partial charge in [-0.05, 0) is 31.1 Å². The second kappa shape index (κ2) is 3.97. The van der Waals surface area contributed by atoms with E-state index in [-0.39, 0.29) is 12.0 Å². The maximum atomic E-state index is 9.13. The molecule has 0 aromatic rings. The topological polar surface area (TPSA) is 29.5 Å². The van der Waals surface area contributed by atoms with Crippen molar-refractivity contribution in [3.05, 3.63) is 0 Å². The summed E-state index contributed by atoms with van der Waals surface area (Å²) in [6.45, 7) is 8.79. The average molecular weight is 186 g/mol. The lowest BCUT2D eigenvalue weighted by molar-refractivity contribution is 0.0108. The Morgan fingerprint density at radius 3 is 2.38 bits per heavy atom. The molecule has 1 saturated heterocycles. The zero-order valence-electron chi connectivity index (χ0n) is 9.21. The van der Waals surface area contributed by atoms with E-state index in [1.54, 1.807) is 0 Å². The van der Waals surface area contributed by atoms with Gasteiger partial charge in [0.2, 0.25) is 0 Å². The second-order valence-electron chi connectivity index (χ2n) is 5.20. The molecule has 3 unspecified atom stereocenters. The summed E-state index contributed by atoms with van der Waals surface area (Å²) in [5, 5.41) is 9.13. The number of hydrogen-bond donors (Lipinski definition) is 1. The fraction of sp³-hybridized carbons (Fsp3) is 1.00. The summed E-state index contributed by atoms with van der Waals surface area (Å²) < 4.78 is 5.80. The summed E-state index contributed by atoms with van der Waals surface area (Å²) in [6, 6.07) is 0. The van der Waals surface area contributed by atoms with E-state index in [0.717, 1.165) is 12.8 Å². The number of aliphatic hydroxyl groups excluding tert-OH is 1. The molecular formula is C11H22O2. The summed E-state index contributed by atoms with van der Waals surface area (Å²) in [6.07, 6.45) is 2.86. The van der Waals surface area contributed by atoms with Crippen molar-refractivity contribution < 1.29 is 9.84 Å². The second-order valence-corrected chi connectivity index (χ2v) is 5.20. The maximum Gasteiger partial charge on any atom is 0.0588 e. The first-order valence-electron chi connectivity index (χ1n) is 5.21. The van der Waals surface area contributed by atoms with Crippen molar-refractivity contribution in [2.24, 2.45) is 11.3 Å². The van der Waals surface area contributed by atoms with Gasteiger partial charge >= 0.3 is 0 Å². The van der Waals surface area contributed by atoms with Crippen molar-refractivity contribution in [1.82, 2.24) is 0 Å². The van der Waals surface area contributed by atoms with Crippen LogP contribution in [0, 0.1) is 11.3 Å². The highest BCUT2D eigenvalue weighted by Crippen LogP contribution is 2.33. The summed E-state index contributed by atoms with van der Waals surface area (Å²) in [5.74, 6) is 0.666. The highest BCUT2D eigenvalue weighted by molar-refractivity contribution is 4.81. The lowest BCUT2D eigenvalue weighted by atomic mass is 9.86. The van der Waals surface area contributed by atoms with Crippen molar-refractivity contribution in [1.29, 1.82) is 0 Å². The molecule has 1 N–H and O–H groups in total. The van der Waals surface area contributed by atoms with Gasteiger partial charge in [-0.25, -0.2) is 0 Å². The van der Waals surface area contributed by atoms with Gasteiger partial charge in [0.25, 0.3) is 0 Å². The molecule has 0 amide bonds. The largest absolute Gasteiger partial charge is 0.396 e. The third-order valence-corrected chi connectivity index (χ3v) is 3.05. The Labute approximate surface area is 81.3 Å². The quantitative estimate of drug-likeness (QED) is 0.732. The summed E-state index contributed by atoms with van der Waals surface area (Å²) >= 11 is 0. The van der Waals surface area contributed by atoms with E-state index in [1.165, 1.54) is 0 Å². The number of rotatable bonds is 3. The van der Waals surface area contributed by atoms with Crippen molar-refractivity contribution in [3.8, 4) is 0 Å². The number of aliphatic hydroxyl groups is 1. The average Bonchev–Trinajstić information content (AvgIpc) is 2.30. The molecule has 3 atom stereocenters. The molecule has 0 bridgehead atoms. The molecule has 1 aliphatic rings. The Hall–Kier alpha value is -0.0800. The molecular weight excluding hydrogens is 164 g/mol. The SMILES string of the molecule is CC1CC(CC(C)(C)CO)OC1C. The van der Waals surface area contributed by atoms with Gasteiger partial charge in [0.15, 0.2) is 0 Å². The van der Waals surface area contributed by atoms with E-state index in [4.69, 9.17) is 9.84 Å². The van der Waals surface area contributed by atoms with Crippen LogP contribution in [0.5, 0.6) is 0 Å². The Bertz CT molecular complexity index is 155. The molecule has 0 aliphatic carbocycles. The highest BCUT2D eigenvalue weighted by Gasteiger charge is 2.32. The van der Waals surface area contributed by atoms with E-state index in [2.05, 4.69) is 27.7 Å². The predicted octanol–water partition coefficient (Wildman–Crippen LogP) is 2.21. The van der Waals surface area contributed by atoms with Crippen LogP contribution >= 0.6 is 0 Å². The third kappa shape index (κ3) is 2.96. The summed E-state index contributed by atoms with van der Waals surface area (Å²) in [7, 11) is 0. The van der Waals surface area contributed by atoms with E-state index in [9.17, 15) is 0 Å². The van der Waals surface area contributed by atoms with Crippen LogP contribution < -0.4 is 0 Å². The van der Waals surface area contributed by atoms with Gasteiger partial charge in [0, 0.05) is 6.61 Å². The Morgan fingerprint density at radius 1 is 1.38 bits per heavy atom. The zero-order valence-corrected chi connectivity index (χ0v) is 9.21. The van der Waals surface area contributed by atoms with Gasteiger partial charge in [-0.1, -0.05) is 20.8 Å². The highest BCUT2D eigenvalue weighted by atomic mass is 16.5. The first-order valence-corrected chi connectivity index (χ1v) is 5.21.